The first-order valence-electron chi connectivity index (χ1n) is 11.7. The van der Waals surface area contributed by atoms with Gasteiger partial charge in [0.25, 0.3) is 5.91 Å². The molecule has 1 aliphatic heterocycles. The molecule has 6 rings (SSSR count). The predicted octanol–water partition coefficient (Wildman–Crippen LogP) is 7.51. The summed E-state index contributed by atoms with van der Waals surface area (Å²) in [6, 6.07) is 17.8. The highest BCUT2D eigenvalue weighted by molar-refractivity contribution is 9.10. The van der Waals surface area contributed by atoms with Crippen LogP contribution in [0.25, 0.3) is 21.2 Å². The number of benzene rings is 3. The van der Waals surface area contributed by atoms with Crippen LogP contribution < -0.4 is 4.90 Å². The molecule has 0 radical (unpaired) electrons. The summed E-state index contributed by atoms with van der Waals surface area (Å²) in [6.07, 6.45) is 0. The first kappa shape index (κ1) is 23.6. The Morgan fingerprint density at radius 3 is 2.62 bits per heavy atom. The van der Waals surface area contributed by atoms with E-state index < -0.39 is 23.5 Å². The number of carbonyl (C=O) groups is 2. The number of furan rings is 1. The first-order chi connectivity index (χ1) is 17.7. The minimum absolute atomic E-state index is 0.0275. The number of aryl methyl sites for hydroxylation is 3. The molecule has 0 saturated carbocycles. The van der Waals surface area contributed by atoms with Crippen LogP contribution in [0.3, 0.4) is 0 Å². The standard InChI is InChI=1S/C29H21BrN2O4S/c1-14-5-4-6-17(9-14)25-24(26(33)22-13-18-12-19(30)7-8-21(18)36-22)27(34)28(35)32(25)29-31-20-10-15(2)16(3)11-23(20)37-29/h4-13,25,34H,1-3H3. The van der Waals surface area contributed by atoms with E-state index in [1.165, 1.54) is 16.2 Å². The van der Waals surface area contributed by atoms with Gasteiger partial charge in [0.15, 0.2) is 16.7 Å². The van der Waals surface area contributed by atoms with E-state index in [-0.39, 0.29) is 11.3 Å². The van der Waals surface area contributed by atoms with Crippen LogP contribution in [0.4, 0.5) is 5.13 Å². The first-order valence-corrected chi connectivity index (χ1v) is 13.3. The molecule has 3 aromatic carbocycles. The Bertz CT molecular complexity index is 1760. The average Bonchev–Trinajstić information content (AvgIpc) is 3.53. The van der Waals surface area contributed by atoms with Crippen LogP contribution in [-0.4, -0.2) is 21.8 Å². The molecule has 2 aromatic heterocycles. The quantitative estimate of drug-likeness (QED) is 0.225. The minimum Gasteiger partial charge on any atom is -0.503 e. The number of halogens is 1. The fourth-order valence-electron chi connectivity index (χ4n) is 4.72. The average molecular weight is 573 g/mol. The van der Waals surface area contributed by atoms with Gasteiger partial charge in [0.1, 0.15) is 5.58 Å². The smallest absolute Gasteiger partial charge is 0.296 e. The molecule has 1 unspecified atom stereocenters. The van der Waals surface area contributed by atoms with Gasteiger partial charge in [-0.3, -0.25) is 14.5 Å². The third kappa shape index (κ3) is 3.88. The summed E-state index contributed by atoms with van der Waals surface area (Å²) in [7, 11) is 0. The summed E-state index contributed by atoms with van der Waals surface area (Å²) in [5.74, 6) is -1.75. The van der Waals surface area contributed by atoms with Crippen LogP contribution in [0.2, 0.25) is 0 Å². The number of aliphatic hydroxyl groups excluding tert-OH is 1. The van der Waals surface area contributed by atoms with Gasteiger partial charge < -0.3 is 9.52 Å². The second-order valence-corrected chi connectivity index (χ2v) is 11.2. The molecule has 6 nitrogen and oxygen atoms in total. The van der Waals surface area contributed by atoms with E-state index >= 15 is 0 Å². The lowest BCUT2D eigenvalue weighted by molar-refractivity contribution is -0.117. The van der Waals surface area contributed by atoms with Crippen molar-refractivity contribution in [2.75, 3.05) is 4.90 Å². The van der Waals surface area contributed by atoms with Gasteiger partial charge in [-0.25, -0.2) is 4.98 Å². The van der Waals surface area contributed by atoms with E-state index in [1.54, 1.807) is 12.1 Å². The van der Waals surface area contributed by atoms with Crippen molar-refractivity contribution in [1.29, 1.82) is 0 Å². The number of ketones is 1. The van der Waals surface area contributed by atoms with E-state index in [9.17, 15) is 14.7 Å². The lowest BCUT2D eigenvalue weighted by Crippen LogP contribution is -2.31. The Labute approximate surface area is 225 Å². The molecule has 8 heteroatoms. The normalized spacial score (nSPS) is 15.9. The largest absolute Gasteiger partial charge is 0.503 e. The maximum atomic E-state index is 13.8. The third-order valence-corrected chi connectivity index (χ3v) is 8.22. The number of carbonyl (C=O) groups excluding carboxylic acids is 2. The molecule has 1 N–H and O–H groups in total. The second kappa shape index (κ2) is 8.68. The number of fused-ring (bicyclic) bond motifs is 2. The fraction of sp³-hybridized carbons (Fsp3) is 0.138. The van der Waals surface area contributed by atoms with Crippen LogP contribution in [0.1, 0.15) is 38.9 Å². The summed E-state index contributed by atoms with van der Waals surface area (Å²) in [6.45, 7) is 5.98. The maximum absolute atomic E-state index is 13.8. The molecule has 1 atom stereocenters. The van der Waals surface area contributed by atoms with Gasteiger partial charge in [-0.05, 0) is 73.9 Å². The van der Waals surface area contributed by atoms with Crippen molar-refractivity contribution < 1.29 is 19.1 Å². The fourth-order valence-corrected chi connectivity index (χ4v) is 6.17. The summed E-state index contributed by atoms with van der Waals surface area (Å²) in [4.78, 5) is 33.5. The minimum atomic E-state index is -0.859. The Balaban J connectivity index is 1.52. The Morgan fingerprint density at radius 2 is 1.84 bits per heavy atom. The second-order valence-electron chi connectivity index (χ2n) is 9.28. The van der Waals surface area contributed by atoms with Crippen molar-refractivity contribution in [3.8, 4) is 0 Å². The highest BCUT2D eigenvalue weighted by Crippen LogP contribution is 2.45. The van der Waals surface area contributed by atoms with Crippen LogP contribution in [0.15, 0.2) is 80.9 Å². The number of rotatable bonds is 4. The summed E-state index contributed by atoms with van der Waals surface area (Å²) in [5, 5.41) is 12.3. The van der Waals surface area contributed by atoms with Crippen molar-refractivity contribution >= 4 is 65.3 Å². The highest BCUT2D eigenvalue weighted by atomic mass is 79.9. The predicted molar refractivity (Wildman–Crippen MR) is 148 cm³/mol. The lowest BCUT2D eigenvalue weighted by atomic mass is 9.94. The van der Waals surface area contributed by atoms with Crippen LogP contribution in [-0.2, 0) is 4.79 Å². The molecule has 0 spiro atoms. The van der Waals surface area contributed by atoms with Crippen molar-refractivity contribution in [2.24, 2.45) is 0 Å². The van der Waals surface area contributed by atoms with E-state index in [1.807, 2.05) is 69.3 Å². The van der Waals surface area contributed by atoms with Gasteiger partial charge >= 0.3 is 0 Å². The lowest BCUT2D eigenvalue weighted by Gasteiger charge is -2.24. The number of anilines is 1. The number of amides is 1. The number of Topliss-reactive ketones (excluding diaryl/α,β-unsaturated/α-hetero) is 1. The molecule has 1 aliphatic rings. The number of hydrogen-bond acceptors (Lipinski definition) is 6. The molecule has 0 aliphatic carbocycles. The Morgan fingerprint density at radius 1 is 1.05 bits per heavy atom. The molecule has 5 aromatic rings. The molecule has 1 amide bonds. The Hall–Kier alpha value is -3.75. The molecule has 0 fully saturated rings. The van der Waals surface area contributed by atoms with Crippen LogP contribution in [0.5, 0.6) is 0 Å². The van der Waals surface area contributed by atoms with Gasteiger partial charge in [0, 0.05) is 9.86 Å². The van der Waals surface area contributed by atoms with Crippen molar-refractivity contribution in [3.05, 3.63) is 104 Å². The topological polar surface area (TPSA) is 83.6 Å². The third-order valence-electron chi connectivity index (χ3n) is 6.71. The van der Waals surface area contributed by atoms with Crippen molar-refractivity contribution in [1.82, 2.24) is 4.98 Å². The SMILES string of the molecule is Cc1cccc(C2C(C(=O)c3cc4cc(Br)ccc4o3)=C(O)C(=O)N2c2nc3cc(C)c(C)cc3s2)c1. The number of hydrogen-bond donors (Lipinski definition) is 1. The van der Waals surface area contributed by atoms with E-state index in [0.717, 1.165) is 36.8 Å². The van der Waals surface area contributed by atoms with Gasteiger partial charge in [0.2, 0.25) is 5.78 Å². The number of thiazole rings is 1. The van der Waals surface area contributed by atoms with Crippen LogP contribution in [0, 0.1) is 20.8 Å². The summed E-state index contributed by atoms with van der Waals surface area (Å²) >= 11 is 4.79. The van der Waals surface area contributed by atoms with E-state index in [4.69, 9.17) is 9.40 Å². The van der Waals surface area contributed by atoms with E-state index in [2.05, 4.69) is 15.9 Å². The van der Waals surface area contributed by atoms with Gasteiger partial charge in [-0.15, -0.1) is 0 Å². The molecule has 184 valence electrons. The van der Waals surface area contributed by atoms with E-state index in [0.29, 0.717) is 16.3 Å². The molecule has 3 heterocycles. The maximum Gasteiger partial charge on any atom is 0.296 e. The molecular formula is C29H21BrN2O4S. The molecule has 0 saturated heterocycles. The zero-order valence-corrected chi connectivity index (χ0v) is 22.6. The molecular weight excluding hydrogens is 552 g/mol. The van der Waals surface area contributed by atoms with Gasteiger partial charge in [-0.1, -0.05) is 57.1 Å². The summed E-state index contributed by atoms with van der Waals surface area (Å²) < 4.78 is 7.62. The van der Waals surface area contributed by atoms with Gasteiger partial charge in [0.05, 0.1) is 21.8 Å². The zero-order chi connectivity index (χ0) is 26.0. The van der Waals surface area contributed by atoms with Crippen molar-refractivity contribution in [2.45, 2.75) is 26.8 Å². The monoisotopic (exact) mass is 572 g/mol. The molecule has 37 heavy (non-hydrogen) atoms. The zero-order valence-electron chi connectivity index (χ0n) is 20.2. The van der Waals surface area contributed by atoms with Gasteiger partial charge in [-0.2, -0.15) is 0 Å². The number of aromatic nitrogens is 1. The van der Waals surface area contributed by atoms with Crippen molar-refractivity contribution in [3.63, 3.8) is 0 Å². The highest BCUT2D eigenvalue weighted by Gasteiger charge is 2.46. The number of aliphatic hydroxyl groups is 1. The summed E-state index contributed by atoms with van der Waals surface area (Å²) in [5.41, 5.74) is 5.16. The van der Waals surface area contributed by atoms with Crippen LogP contribution >= 0.6 is 27.3 Å². The number of nitrogens with zero attached hydrogens (tertiary/aromatic N) is 2. The Kier molecular flexibility index (Phi) is 5.54. The molecule has 0 bridgehead atoms.